The van der Waals surface area contributed by atoms with Crippen molar-refractivity contribution < 1.29 is 4.74 Å². The molecule has 4 rings (SSSR count). The molecule has 0 spiro atoms. The van der Waals surface area contributed by atoms with E-state index in [1.54, 1.807) is 0 Å². The average molecular weight is 295 g/mol. The van der Waals surface area contributed by atoms with Gasteiger partial charge in [0.1, 0.15) is 0 Å². The van der Waals surface area contributed by atoms with Gasteiger partial charge in [0.05, 0.1) is 6.61 Å². The highest BCUT2D eigenvalue weighted by atomic mass is 16.5. The second kappa shape index (κ2) is 6.94. The number of nitrogens with zero attached hydrogens (tertiary/aromatic N) is 4. The molecule has 0 amide bonds. The first-order valence-electron chi connectivity index (χ1n) is 8.22. The van der Waals surface area contributed by atoms with Gasteiger partial charge in [-0.25, -0.2) is 0 Å². The van der Waals surface area contributed by atoms with Crippen LogP contribution in [0, 0.1) is 5.92 Å². The molecule has 120 valence electrons. The molecule has 0 aromatic heterocycles. The molecule has 4 heterocycles. The van der Waals surface area contributed by atoms with E-state index in [4.69, 9.17) is 4.74 Å². The summed E-state index contributed by atoms with van der Waals surface area (Å²) in [6.07, 6.45) is 1.17. The third kappa shape index (κ3) is 3.67. The zero-order valence-corrected chi connectivity index (χ0v) is 13.4. The van der Waals surface area contributed by atoms with E-state index < -0.39 is 0 Å². The summed E-state index contributed by atoms with van der Waals surface area (Å²) in [5, 5.41) is 3.56. The number of fused-ring (bicyclic) bond motifs is 3. The Morgan fingerprint density at radius 3 is 2.71 bits per heavy atom. The van der Waals surface area contributed by atoms with Crippen molar-refractivity contribution in [1.82, 2.24) is 20.0 Å². The normalized spacial score (nSPS) is 36.0. The second-order valence-electron chi connectivity index (χ2n) is 6.53. The number of hydrogen-bond donors (Lipinski definition) is 1. The standard InChI is InChI=1S/C15H29N5O/c1-16-15(18(2)10-13-3-8-21-12-13)17-9-14-11-19-4-6-20(14)7-5-19/h13-14H,3-12H2,1-2H3,(H,16,17). The van der Waals surface area contributed by atoms with Crippen molar-refractivity contribution in [1.29, 1.82) is 0 Å². The lowest BCUT2D eigenvalue weighted by Gasteiger charge is -2.47. The van der Waals surface area contributed by atoms with Crippen molar-refractivity contribution in [2.75, 3.05) is 73.1 Å². The van der Waals surface area contributed by atoms with Crippen LogP contribution < -0.4 is 5.32 Å². The van der Waals surface area contributed by atoms with Gasteiger partial charge in [-0.3, -0.25) is 14.8 Å². The number of rotatable bonds is 4. The summed E-state index contributed by atoms with van der Waals surface area (Å²) in [5.74, 6) is 1.66. The Bertz CT molecular complexity index is 361. The molecule has 0 radical (unpaired) electrons. The Labute approximate surface area is 128 Å². The molecule has 21 heavy (non-hydrogen) atoms. The van der Waals surface area contributed by atoms with Crippen LogP contribution in [-0.4, -0.2) is 99.8 Å². The maximum atomic E-state index is 5.46. The first-order valence-corrected chi connectivity index (χ1v) is 8.22. The third-order valence-electron chi connectivity index (χ3n) is 5.02. The maximum absolute atomic E-state index is 5.46. The molecule has 4 aliphatic rings. The van der Waals surface area contributed by atoms with E-state index in [1.807, 2.05) is 7.05 Å². The molecule has 0 aromatic rings. The predicted molar refractivity (Wildman–Crippen MR) is 84.7 cm³/mol. The number of nitrogens with one attached hydrogen (secondary N) is 1. The molecule has 4 fully saturated rings. The highest BCUT2D eigenvalue weighted by molar-refractivity contribution is 5.79. The quantitative estimate of drug-likeness (QED) is 0.561. The Morgan fingerprint density at radius 2 is 2.14 bits per heavy atom. The Balaban J connectivity index is 1.46. The highest BCUT2D eigenvalue weighted by Crippen LogP contribution is 2.15. The minimum Gasteiger partial charge on any atom is -0.381 e. The van der Waals surface area contributed by atoms with E-state index in [1.165, 1.54) is 39.1 Å². The fraction of sp³-hybridized carbons (Fsp3) is 0.933. The van der Waals surface area contributed by atoms with Crippen LogP contribution in [0.25, 0.3) is 0 Å². The van der Waals surface area contributed by atoms with Crippen molar-refractivity contribution in [2.24, 2.45) is 10.9 Å². The first-order chi connectivity index (χ1) is 10.3. The van der Waals surface area contributed by atoms with Crippen LogP contribution in [0.5, 0.6) is 0 Å². The van der Waals surface area contributed by atoms with Gasteiger partial charge >= 0.3 is 0 Å². The summed E-state index contributed by atoms with van der Waals surface area (Å²) < 4.78 is 5.46. The van der Waals surface area contributed by atoms with E-state index in [0.717, 1.165) is 32.3 Å². The summed E-state index contributed by atoms with van der Waals surface area (Å²) in [4.78, 5) is 11.9. The van der Waals surface area contributed by atoms with E-state index in [0.29, 0.717) is 12.0 Å². The molecule has 0 saturated carbocycles. The van der Waals surface area contributed by atoms with Crippen molar-refractivity contribution in [3.8, 4) is 0 Å². The van der Waals surface area contributed by atoms with Gasteiger partial charge in [-0.15, -0.1) is 0 Å². The van der Waals surface area contributed by atoms with Crippen LogP contribution in [0.1, 0.15) is 6.42 Å². The minimum absolute atomic E-state index is 0.632. The average Bonchev–Trinajstić information content (AvgIpc) is 3.02. The van der Waals surface area contributed by atoms with Gasteiger partial charge in [0, 0.05) is 78.5 Å². The number of ether oxygens (including phenoxy) is 1. The monoisotopic (exact) mass is 295 g/mol. The number of guanidine groups is 1. The molecule has 6 nitrogen and oxygen atoms in total. The summed E-state index contributed by atoms with van der Waals surface area (Å²) in [6.45, 7) is 9.96. The van der Waals surface area contributed by atoms with Gasteiger partial charge in [0.2, 0.25) is 0 Å². The zero-order chi connectivity index (χ0) is 14.7. The van der Waals surface area contributed by atoms with Gasteiger partial charge < -0.3 is 15.0 Å². The van der Waals surface area contributed by atoms with Crippen LogP contribution in [0.15, 0.2) is 4.99 Å². The SMILES string of the molecule is CN=C(NCC1CN2CCN1CC2)N(C)CC1CCOC1. The third-order valence-corrected chi connectivity index (χ3v) is 5.02. The predicted octanol–water partition coefficient (Wildman–Crippen LogP) is -0.470. The second-order valence-corrected chi connectivity index (χ2v) is 6.53. The molecule has 6 heteroatoms. The summed E-state index contributed by atoms with van der Waals surface area (Å²) in [7, 11) is 4.01. The van der Waals surface area contributed by atoms with Gasteiger partial charge in [-0.2, -0.15) is 0 Å². The van der Waals surface area contributed by atoms with Gasteiger partial charge in [0.15, 0.2) is 5.96 Å². The molecule has 4 aliphatic heterocycles. The van der Waals surface area contributed by atoms with E-state index >= 15 is 0 Å². The molecule has 0 aromatic carbocycles. The molecule has 2 bridgehead atoms. The Hall–Kier alpha value is -0.850. The molecule has 2 unspecified atom stereocenters. The summed E-state index contributed by atoms with van der Waals surface area (Å²) in [5.41, 5.74) is 0. The largest absolute Gasteiger partial charge is 0.381 e. The summed E-state index contributed by atoms with van der Waals surface area (Å²) >= 11 is 0. The molecular weight excluding hydrogens is 266 g/mol. The Morgan fingerprint density at radius 1 is 1.33 bits per heavy atom. The van der Waals surface area contributed by atoms with E-state index in [9.17, 15) is 0 Å². The van der Waals surface area contributed by atoms with Gasteiger partial charge in [0.25, 0.3) is 0 Å². The highest BCUT2D eigenvalue weighted by Gasteiger charge is 2.31. The lowest BCUT2D eigenvalue weighted by Crippen LogP contribution is -2.63. The number of piperazine rings is 3. The van der Waals surface area contributed by atoms with Crippen LogP contribution in [-0.2, 0) is 4.74 Å². The van der Waals surface area contributed by atoms with Crippen LogP contribution in [0.4, 0.5) is 0 Å². The van der Waals surface area contributed by atoms with Gasteiger partial charge in [-0.05, 0) is 6.42 Å². The lowest BCUT2D eigenvalue weighted by molar-refractivity contribution is 0.0152. The first kappa shape index (κ1) is 15.1. The van der Waals surface area contributed by atoms with Crippen molar-refractivity contribution in [3.63, 3.8) is 0 Å². The fourth-order valence-corrected chi connectivity index (χ4v) is 3.71. The fourth-order valence-electron chi connectivity index (χ4n) is 3.71. The lowest BCUT2D eigenvalue weighted by atomic mass is 10.1. The van der Waals surface area contributed by atoms with Crippen LogP contribution in [0.2, 0.25) is 0 Å². The van der Waals surface area contributed by atoms with Crippen molar-refractivity contribution in [2.45, 2.75) is 12.5 Å². The number of hydrogen-bond acceptors (Lipinski definition) is 4. The van der Waals surface area contributed by atoms with Crippen LogP contribution >= 0.6 is 0 Å². The molecular formula is C15H29N5O. The number of aliphatic imine (C=N–C) groups is 1. The summed E-state index contributed by atoms with van der Waals surface area (Å²) in [6, 6.07) is 0.632. The maximum Gasteiger partial charge on any atom is 0.193 e. The van der Waals surface area contributed by atoms with Crippen LogP contribution in [0.3, 0.4) is 0 Å². The smallest absolute Gasteiger partial charge is 0.193 e. The van der Waals surface area contributed by atoms with Crippen molar-refractivity contribution in [3.05, 3.63) is 0 Å². The molecule has 0 aliphatic carbocycles. The van der Waals surface area contributed by atoms with Crippen molar-refractivity contribution >= 4 is 5.96 Å². The zero-order valence-electron chi connectivity index (χ0n) is 13.4. The molecule has 1 N–H and O–H groups in total. The topological polar surface area (TPSA) is 43.3 Å². The minimum atomic E-state index is 0.632. The molecule has 4 saturated heterocycles. The van der Waals surface area contributed by atoms with E-state index in [-0.39, 0.29) is 0 Å². The van der Waals surface area contributed by atoms with Gasteiger partial charge in [-0.1, -0.05) is 0 Å². The molecule has 2 atom stereocenters. The van der Waals surface area contributed by atoms with E-state index in [2.05, 4.69) is 32.1 Å². The Kier molecular flexibility index (Phi) is 4.98.